The zero-order valence-corrected chi connectivity index (χ0v) is 13.6. The SMILES string of the molecule is Cc1ccc2c(c1)[nH]c(=O)n2C1CCC(C(C)(C)C)CC1. The van der Waals surface area contributed by atoms with Crippen LogP contribution in [0.5, 0.6) is 0 Å². The number of nitrogens with zero attached hydrogens (tertiary/aromatic N) is 1. The van der Waals surface area contributed by atoms with Gasteiger partial charge in [0.15, 0.2) is 0 Å². The number of aromatic amines is 1. The van der Waals surface area contributed by atoms with Crippen LogP contribution >= 0.6 is 0 Å². The minimum absolute atomic E-state index is 0.0507. The molecule has 1 saturated carbocycles. The molecule has 1 aliphatic carbocycles. The molecule has 114 valence electrons. The van der Waals surface area contributed by atoms with Crippen LogP contribution in [0.1, 0.15) is 58.1 Å². The van der Waals surface area contributed by atoms with Gasteiger partial charge in [0.1, 0.15) is 0 Å². The van der Waals surface area contributed by atoms with Crippen LogP contribution in [0, 0.1) is 18.3 Å². The van der Waals surface area contributed by atoms with E-state index in [1.165, 1.54) is 18.4 Å². The molecule has 0 radical (unpaired) electrons. The summed E-state index contributed by atoms with van der Waals surface area (Å²) in [5.74, 6) is 0.775. The zero-order chi connectivity index (χ0) is 15.2. The molecule has 0 atom stereocenters. The highest BCUT2D eigenvalue weighted by molar-refractivity contribution is 5.76. The van der Waals surface area contributed by atoms with E-state index in [-0.39, 0.29) is 5.69 Å². The van der Waals surface area contributed by atoms with Crippen molar-refractivity contribution in [1.82, 2.24) is 9.55 Å². The van der Waals surface area contributed by atoms with E-state index >= 15 is 0 Å². The first-order valence-electron chi connectivity index (χ1n) is 8.07. The van der Waals surface area contributed by atoms with Crippen LogP contribution < -0.4 is 5.69 Å². The Hall–Kier alpha value is -1.51. The van der Waals surface area contributed by atoms with Gasteiger partial charge in [0.25, 0.3) is 0 Å². The molecule has 1 fully saturated rings. The summed E-state index contributed by atoms with van der Waals surface area (Å²) in [5.41, 5.74) is 3.65. The van der Waals surface area contributed by atoms with E-state index in [1.54, 1.807) is 0 Å². The fourth-order valence-electron chi connectivity index (χ4n) is 3.81. The summed E-state index contributed by atoms with van der Waals surface area (Å²) in [6.45, 7) is 9.06. The number of hydrogen-bond acceptors (Lipinski definition) is 1. The van der Waals surface area contributed by atoms with Crippen molar-refractivity contribution >= 4 is 11.0 Å². The van der Waals surface area contributed by atoms with Gasteiger partial charge < -0.3 is 4.98 Å². The zero-order valence-electron chi connectivity index (χ0n) is 13.6. The quantitative estimate of drug-likeness (QED) is 0.828. The third-order valence-corrected chi connectivity index (χ3v) is 5.16. The Labute approximate surface area is 126 Å². The largest absolute Gasteiger partial charge is 0.326 e. The van der Waals surface area contributed by atoms with Gasteiger partial charge >= 0.3 is 5.69 Å². The molecular formula is C18H26N2O. The summed E-state index contributed by atoms with van der Waals surface area (Å²) in [6, 6.07) is 6.59. The molecule has 3 nitrogen and oxygen atoms in total. The van der Waals surface area contributed by atoms with Crippen molar-refractivity contribution in [3.05, 3.63) is 34.2 Å². The molecule has 3 heteroatoms. The van der Waals surface area contributed by atoms with Crippen molar-refractivity contribution in [1.29, 1.82) is 0 Å². The summed E-state index contributed by atoms with van der Waals surface area (Å²) in [4.78, 5) is 15.3. The molecule has 2 aromatic rings. The lowest BCUT2D eigenvalue weighted by molar-refractivity contribution is 0.152. The smallest absolute Gasteiger partial charge is 0.306 e. The van der Waals surface area contributed by atoms with Crippen molar-refractivity contribution in [2.24, 2.45) is 11.3 Å². The van der Waals surface area contributed by atoms with Crippen molar-refractivity contribution in [2.75, 3.05) is 0 Å². The van der Waals surface area contributed by atoms with E-state index in [9.17, 15) is 4.79 Å². The lowest BCUT2D eigenvalue weighted by Gasteiger charge is -2.37. The first kappa shape index (κ1) is 14.4. The highest BCUT2D eigenvalue weighted by Crippen LogP contribution is 2.41. The molecule has 0 amide bonds. The van der Waals surface area contributed by atoms with E-state index in [2.05, 4.69) is 50.9 Å². The van der Waals surface area contributed by atoms with E-state index in [1.807, 2.05) is 4.57 Å². The van der Waals surface area contributed by atoms with Gasteiger partial charge in [-0.05, 0) is 61.6 Å². The molecule has 1 aromatic heterocycles. The Morgan fingerprint density at radius 1 is 1.14 bits per heavy atom. The second-order valence-electron chi connectivity index (χ2n) is 7.69. The molecule has 1 aliphatic rings. The van der Waals surface area contributed by atoms with Gasteiger partial charge in [-0.25, -0.2) is 4.79 Å². The Balaban J connectivity index is 1.89. The summed E-state index contributed by atoms with van der Waals surface area (Å²) < 4.78 is 1.99. The Kier molecular flexibility index (Phi) is 3.46. The average Bonchev–Trinajstić information content (AvgIpc) is 2.73. The monoisotopic (exact) mass is 286 g/mol. The van der Waals surface area contributed by atoms with Crippen LogP contribution in [0.25, 0.3) is 11.0 Å². The fraction of sp³-hybridized carbons (Fsp3) is 0.611. The van der Waals surface area contributed by atoms with Crippen molar-refractivity contribution in [2.45, 2.75) is 59.4 Å². The number of rotatable bonds is 1. The maximum Gasteiger partial charge on any atom is 0.326 e. The van der Waals surface area contributed by atoms with Gasteiger partial charge in [0, 0.05) is 6.04 Å². The molecule has 0 bridgehead atoms. The van der Waals surface area contributed by atoms with Gasteiger partial charge in [-0.3, -0.25) is 4.57 Å². The minimum Gasteiger partial charge on any atom is -0.306 e. The number of H-pyrrole nitrogens is 1. The first-order chi connectivity index (χ1) is 9.86. The summed E-state index contributed by atoms with van der Waals surface area (Å²) in [7, 11) is 0. The topological polar surface area (TPSA) is 37.8 Å². The third kappa shape index (κ3) is 2.66. The standard InChI is InChI=1S/C18H26N2O/c1-12-5-10-16-15(11-12)19-17(21)20(16)14-8-6-13(7-9-14)18(2,3)4/h5,10-11,13-14H,6-9H2,1-4H3,(H,19,21). The third-order valence-electron chi connectivity index (χ3n) is 5.16. The lowest BCUT2D eigenvalue weighted by Crippen LogP contribution is -2.30. The normalized spacial score (nSPS) is 23.6. The predicted octanol–water partition coefficient (Wildman–Crippen LogP) is 4.42. The average molecular weight is 286 g/mol. The molecule has 0 unspecified atom stereocenters. The molecule has 3 rings (SSSR count). The maximum atomic E-state index is 12.3. The van der Waals surface area contributed by atoms with E-state index in [0.717, 1.165) is 29.8 Å². The van der Waals surface area contributed by atoms with Crippen LogP contribution in [0.3, 0.4) is 0 Å². The minimum atomic E-state index is 0.0507. The maximum absolute atomic E-state index is 12.3. The lowest BCUT2D eigenvalue weighted by atomic mass is 9.71. The van der Waals surface area contributed by atoms with Crippen LogP contribution in [0.2, 0.25) is 0 Å². The highest BCUT2D eigenvalue weighted by atomic mass is 16.1. The van der Waals surface area contributed by atoms with Gasteiger partial charge in [-0.15, -0.1) is 0 Å². The molecule has 0 saturated heterocycles. The Morgan fingerprint density at radius 2 is 1.81 bits per heavy atom. The highest BCUT2D eigenvalue weighted by Gasteiger charge is 2.31. The van der Waals surface area contributed by atoms with E-state index in [0.29, 0.717) is 11.5 Å². The number of aryl methyl sites for hydroxylation is 1. The Morgan fingerprint density at radius 3 is 2.43 bits per heavy atom. The first-order valence-corrected chi connectivity index (χ1v) is 8.07. The number of fused-ring (bicyclic) bond motifs is 1. The molecular weight excluding hydrogens is 260 g/mol. The molecule has 1 aromatic carbocycles. The number of nitrogens with one attached hydrogen (secondary N) is 1. The van der Waals surface area contributed by atoms with Crippen LogP contribution in [0.4, 0.5) is 0 Å². The van der Waals surface area contributed by atoms with Crippen molar-refractivity contribution in [3.8, 4) is 0 Å². The number of imidazole rings is 1. The molecule has 0 aliphatic heterocycles. The Bertz CT molecular complexity index is 694. The van der Waals surface area contributed by atoms with Crippen LogP contribution in [-0.2, 0) is 0 Å². The second kappa shape index (κ2) is 5.04. The summed E-state index contributed by atoms with van der Waals surface area (Å²) in [6.07, 6.45) is 4.67. The molecule has 1 N–H and O–H groups in total. The van der Waals surface area contributed by atoms with Crippen molar-refractivity contribution in [3.63, 3.8) is 0 Å². The summed E-state index contributed by atoms with van der Waals surface area (Å²) >= 11 is 0. The molecule has 21 heavy (non-hydrogen) atoms. The summed E-state index contributed by atoms with van der Waals surface area (Å²) in [5, 5.41) is 0. The predicted molar refractivity (Wildman–Crippen MR) is 87.7 cm³/mol. The van der Waals surface area contributed by atoms with Gasteiger partial charge in [-0.2, -0.15) is 0 Å². The van der Waals surface area contributed by atoms with Gasteiger partial charge in [-0.1, -0.05) is 26.8 Å². The second-order valence-corrected chi connectivity index (χ2v) is 7.69. The number of aromatic nitrogens is 2. The van der Waals surface area contributed by atoms with Crippen molar-refractivity contribution < 1.29 is 0 Å². The molecule has 1 heterocycles. The fourth-order valence-corrected chi connectivity index (χ4v) is 3.81. The number of benzene rings is 1. The van der Waals surface area contributed by atoms with E-state index < -0.39 is 0 Å². The number of hydrogen-bond donors (Lipinski definition) is 1. The van der Waals surface area contributed by atoms with E-state index in [4.69, 9.17) is 0 Å². The van der Waals surface area contributed by atoms with Gasteiger partial charge in [0.2, 0.25) is 0 Å². The van der Waals surface area contributed by atoms with Crippen LogP contribution in [-0.4, -0.2) is 9.55 Å². The van der Waals surface area contributed by atoms with Gasteiger partial charge in [0.05, 0.1) is 11.0 Å². The molecule has 0 spiro atoms. The van der Waals surface area contributed by atoms with Crippen LogP contribution in [0.15, 0.2) is 23.0 Å².